The molecule has 2 aromatic rings. The fourth-order valence-corrected chi connectivity index (χ4v) is 2.35. The van der Waals surface area contributed by atoms with Crippen molar-refractivity contribution in [2.75, 3.05) is 6.54 Å². The quantitative estimate of drug-likeness (QED) is 0.850. The fraction of sp³-hybridized carbons (Fsp3) is 0.308. The number of hydrogen-bond acceptors (Lipinski definition) is 2. The normalized spacial score (nSPS) is 12.7. The zero-order valence-electron chi connectivity index (χ0n) is 10.3. The first-order valence-corrected chi connectivity index (χ1v) is 6.93. The van der Waals surface area contributed by atoms with Gasteiger partial charge in [-0.25, -0.2) is 9.07 Å². The van der Waals surface area contributed by atoms with Crippen molar-refractivity contribution in [3.8, 4) is 5.69 Å². The van der Waals surface area contributed by atoms with Gasteiger partial charge in [0.25, 0.3) is 0 Å². The number of rotatable bonds is 4. The first-order chi connectivity index (χ1) is 8.63. The molecule has 1 N–H and O–H groups in total. The van der Waals surface area contributed by atoms with Gasteiger partial charge in [0.15, 0.2) is 0 Å². The van der Waals surface area contributed by atoms with E-state index in [0.29, 0.717) is 5.69 Å². The standard InChI is InChI=1S/C13H15FIN3/c1-3-16-9(2)11-5-4-6-12(14)13(11)18-8-10(15)7-17-18/h4-9,16H,3H2,1-2H3. The summed E-state index contributed by atoms with van der Waals surface area (Å²) in [4.78, 5) is 0. The van der Waals surface area contributed by atoms with E-state index in [9.17, 15) is 4.39 Å². The van der Waals surface area contributed by atoms with E-state index in [4.69, 9.17) is 0 Å². The molecule has 0 fully saturated rings. The first-order valence-electron chi connectivity index (χ1n) is 5.85. The zero-order chi connectivity index (χ0) is 13.1. The van der Waals surface area contributed by atoms with Gasteiger partial charge >= 0.3 is 0 Å². The summed E-state index contributed by atoms with van der Waals surface area (Å²) >= 11 is 2.16. The molecule has 0 aliphatic carbocycles. The summed E-state index contributed by atoms with van der Waals surface area (Å²) in [7, 11) is 0. The number of nitrogens with one attached hydrogen (secondary N) is 1. The van der Waals surface area contributed by atoms with E-state index < -0.39 is 0 Å². The van der Waals surface area contributed by atoms with Gasteiger partial charge in [-0.1, -0.05) is 19.1 Å². The Hall–Kier alpha value is -0.950. The highest BCUT2D eigenvalue weighted by Crippen LogP contribution is 2.24. The molecule has 0 spiro atoms. The predicted octanol–water partition coefficient (Wildman–Crippen LogP) is 3.29. The molecule has 1 aromatic heterocycles. The van der Waals surface area contributed by atoms with Crippen LogP contribution in [0.25, 0.3) is 5.69 Å². The second-order valence-corrected chi connectivity index (χ2v) is 5.31. The molecule has 0 radical (unpaired) electrons. The summed E-state index contributed by atoms with van der Waals surface area (Å²) in [5.41, 5.74) is 1.44. The number of nitrogens with zero attached hydrogens (tertiary/aromatic N) is 2. The van der Waals surface area contributed by atoms with Crippen molar-refractivity contribution in [2.24, 2.45) is 0 Å². The van der Waals surface area contributed by atoms with Crippen LogP contribution in [0.5, 0.6) is 0 Å². The van der Waals surface area contributed by atoms with Gasteiger partial charge in [-0.05, 0) is 47.7 Å². The van der Waals surface area contributed by atoms with Crippen LogP contribution in [0.15, 0.2) is 30.6 Å². The summed E-state index contributed by atoms with van der Waals surface area (Å²) in [5, 5.41) is 7.49. The van der Waals surface area contributed by atoms with E-state index in [1.165, 1.54) is 6.07 Å². The van der Waals surface area contributed by atoms with Crippen LogP contribution in [0.3, 0.4) is 0 Å². The summed E-state index contributed by atoms with van der Waals surface area (Å²) in [6.45, 7) is 4.90. The fourth-order valence-electron chi connectivity index (χ4n) is 1.96. The van der Waals surface area contributed by atoms with Crippen LogP contribution in [0.4, 0.5) is 4.39 Å². The Balaban J connectivity index is 2.51. The molecule has 0 aliphatic heterocycles. The Kier molecular flexibility index (Phi) is 4.34. The average molecular weight is 359 g/mol. The molecule has 1 unspecified atom stereocenters. The number of aromatic nitrogens is 2. The highest BCUT2D eigenvalue weighted by Gasteiger charge is 2.15. The Morgan fingerprint density at radius 3 is 2.89 bits per heavy atom. The largest absolute Gasteiger partial charge is 0.310 e. The SMILES string of the molecule is CCNC(C)c1cccc(F)c1-n1cc(I)cn1. The molecule has 2 rings (SSSR count). The van der Waals surface area contributed by atoms with Crippen molar-refractivity contribution < 1.29 is 4.39 Å². The summed E-state index contributed by atoms with van der Waals surface area (Å²) in [6.07, 6.45) is 3.54. The molecule has 0 saturated heterocycles. The van der Waals surface area contributed by atoms with Crippen molar-refractivity contribution in [1.29, 1.82) is 0 Å². The molecule has 0 saturated carbocycles. The lowest BCUT2D eigenvalue weighted by Gasteiger charge is -2.17. The third kappa shape index (κ3) is 2.72. The van der Waals surface area contributed by atoms with Gasteiger partial charge in [0, 0.05) is 12.2 Å². The van der Waals surface area contributed by atoms with Crippen LogP contribution in [-0.2, 0) is 0 Å². The van der Waals surface area contributed by atoms with Gasteiger partial charge in [0.1, 0.15) is 11.5 Å². The van der Waals surface area contributed by atoms with Crippen molar-refractivity contribution in [3.05, 3.63) is 45.5 Å². The monoisotopic (exact) mass is 359 g/mol. The van der Waals surface area contributed by atoms with Crippen molar-refractivity contribution in [3.63, 3.8) is 0 Å². The third-order valence-electron chi connectivity index (χ3n) is 2.77. The lowest BCUT2D eigenvalue weighted by molar-refractivity contribution is 0.569. The van der Waals surface area contributed by atoms with Gasteiger partial charge < -0.3 is 5.32 Å². The second-order valence-electron chi connectivity index (χ2n) is 4.06. The highest BCUT2D eigenvalue weighted by molar-refractivity contribution is 14.1. The van der Waals surface area contributed by atoms with Crippen molar-refractivity contribution in [2.45, 2.75) is 19.9 Å². The molecule has 1 heterocycles. The van der Waals surface area contributed by atoms with Gasteiger partial charge in [0.05, 0.1) is 9.77 Å². The number of hydrogen-bond donors (Lipinski definition) is 1. The van der Waals surface area contributed by atoms with Crippen LogP contribution in [0.1, 0.15) is 25.5 Å². The first kappa shape index (κ1) is 13.5. The Morgan fingerprint density at radius 2 is 2.28 bits per heavy atom. The summed E-state index contributed by atoms with van der Waals surface area (Å²) in [5.74, 6) is -0.253. The molecule has 1 atom stereocenters. The molecule has 0 amide bonds. The van der Waals surface area contributed by atoms with Crippen LogP contribution in [0.2, 0.25) is 0 Å². The van der Waals surface area contributed by atoms with Crippen LogP contribution >= 0.6 is 22.6 Å². The number of halogens is 2. The van der Waals surface area contributed by atoms with E-state index in [2.05, 4.69) is 33.0 Å². The maximum absolute atomic E-state index is 14.1. The van der Waals surface area contributed by atoms with E-state index in [-0.39, 0.29) is 11.9 Å². The molecule has 0 aliphatic rings. The molecule has 96 valence electrons. The predicted molar refractivity (Wildman–Crippen MR) is 78.3 cm³/mol. The molecular weight excluding hydrogens is 344 g/mol. The van der Waals surface area contributed by atoms with Gasteiger partial charge in [0.2, 0.25) is 0 Å². The Morgan fingerprint density at radius 1 is 1.50 bits per heavy atom. The molecule has 18 heavy (non-hydrogen) atoms. The van der Waals surface area contributed by atoms with E-state index >= 15 is 0 Å². The van der Waals surface area contributed by atoms with Crippen LogP contribution in [0, 0.1) is 9.39 Å². The molecule has 5 heteroatoms. The summed E-state index contributed by atoms with van der Waals surface area (Å²) < 4.78 is 16.6. The van der Waals surface area contributed by atoms with Gasteiger partial charge in [-0.15, -0.1) is 0 Å². The van der Waals surface area contributed by atoms with Crippen molar-refractivity contribution in [1.82, 2.24) is 15.1 Å². The van der Waals surface area contributed by atoms with E-state index in [1.54, 1.807) is 16.9 Å². The summed E-state index contributed by atoms with van der Waals surface area (Å²) in [6, 6.07) is 5.21. The number of para-hydroxylation sites is 1. The van der Waals surface area contributed by atoms with Gasteiger partial charge in [-0.2, -0.15) is 5.10 Å². The third-order valence-corrected chi connectivity index (χ3v) is 3.33. The zero-order valence-corrected chi connectivity index (χ0v) is 12.5. The van der Waals surface area contributed by atoms with Crippen LogP contribution < -0.4 is 5.32 Å². The minimum atomic E-state index is -0.253. The highest BCUT2D eigenvalue weighted by atomic mass is 127. The molecule has 0 bridgehead atoms. The van der Waals surface area contributed by atoms with E-state index in [1.807, 2.05) is 26.1 Å². The average Bonchev–Trinajstić information content (AvgIpc) is 2.75. The topological polar surface area (TPSA) is 29.9 Å². The smallest absolute Gasteiger partial charge is 0.149 e. The Bertz CT molecular complexity index is 539. The van der Waals surface area contributed by atoms with E-state index in [0.717, 1.165) is 15.7 Å². The van der Waals surface area contributed by atoms with Gasteiger partial charge in [-0.3, -0.25) is 0 Å². The minimum Gasteiger partial charge on any atom is -0.310 e. The maximum atomic E-state index is 14.1. The number of benzene rings is 1. The molecule has 3 nitrogen and oxygen atoms in total. The molecular formula is C13H15FIN3. The Labute approximate surface area is 120 Å². The minimum absolute atomic E-state index is 0.0857. The maximum Gasteiger partial charge on any atom is 0.149 e. The van der Waals surface area contributed by atoms with Crippen LogP contribution in [-0.4, -0.2) is 16.3 Å². The lowest BCUT2D eigenvalue weighted by Crippen LogP contribution is -2.20. The molecule has 1 aromatic carbocycles. The second kappa shape index (κ2) is 5.79. The van der Waals surface area contributed by atoms with Crippen molar-refractivity contribution >= 4 is 22.6 Å². The lowest BCUT2D eigenvalue weighted by atomic mass is 10.1.